The molecule has 0 saturated heterocycles. The third-order valence-electron chi connectivity index (χ3n) is 6.35. The van der Waals surface area contributed by atoms with E-state index >= 15 is 0 Å². The Morgan fingerprint density at radius 2 is 1.73 bits per heavy atom. The van der Waals surface area contributed by atoms with Crippen LogP contribution in [0, 0.1) is 11.3 Å². The molecular weight excluding hydrogens is 432 g/mol. The standard InChI is InChI=1S/C27H21ClN4O/c28-21-10-4-5-11-22(21)32-23-13-19(17-7-2-1-3-8-17)14-24(33)26(23)25(20(15-29)27(32)30)18-9-6-12-31-16-18/h1-12,16,19,25H,13-14,30H2/t19-,25+/m0/s1. The molecule has 162 valence electrons. The van der Waals surface area contributed by atoms with Crippen LogP contribution in [0.3, 0.4) is 0 Å². The van der Waals surface area contributed by atoms with E-state index < -0.39 is 5.92 Å². The van der Waals surface area contributed by atoms with Crippen LogP contribution < -0.4 is 10.6 Å². The Balaban J connectivity index is 1.74. The maximum atomic E-state index is 13.7. The molecule has 3 aromatic rings. The van der Waals surface area contributed by atoms with Gasteiger partial charge in [-0.3, -0.25) is 14.7 Å². The van der Waals surface area contributed by atoms with Gasteiger partial charge in [-0.2, -0.15) is 5.26 Å². The highest BCUT2D eigenvalue weighted by Crippen LogP contribution is 2.49. The number of ketones is 1. The van der Waals surface area contributed by atoms with Crippen molar-refractivity contribution in [3.05, 3.63) is 118 Å². The molecule has 1 aliphatic carbocycles. The number of hydrogen-bond acceptors (Lipinski definition) is 5. The van der Waals surface area contributed by atoms with Gasteiger partial charge in [-0.15, -0.1) is 0 Å². The number of allylic oxidation sites excluding steroid dienone is 3. The monoisotopic (exact) mass is 452 g/mol. The second-order valence-corrected chi connectivity index (χ2v) is 8.62. The first-order valence-corrected chi connectivity index (χ1v) is 11.1. The van der Waals surface area contributed by atoms with Crippen molar-refractivity contribution in [1.29, 1.82) is 5.26 Å². The Morgan fingerprint density at radius 3 is 2.42 bits per heavy atom. The fraction of sp³-hybridized carbons (Fsp3) is 0.148. The molecule has 2 aromatic carbocycles. The maximum Gasteiger partial charge on any atom is 0.162 e. The van der Waals surface area contributed by atoms with Crippen molar-refractivity contribution in [2.45, 2.75) is 24.7 Å². The molecule has 1 aromatic heterocycles. The van der Waals surface area contributed by atoms with Gasteiger partial charge in [-0.05, 0) is 41.7 Å². The Kier molecular flexibility index (Phi) is 5.45. The number of para-hydroxylation sites is 1. The van der Waals surface area contributed by atoms with Gasteiger partial charge in [-0.25, -0.2) is 0 Å². The molecule has 2 N–H and O–H groups in total. The molecule has 5 nitrogen and oxygen atoms in total. The Morgan fingerprint density at radius 1 is 1.00 bits per heavy atom. The number of halogens is 1. The largest absolute Gasteiger partial charge is 0.384 e. The minimum Gasteiger partial charge on any atom is -0.384 e. The summed E-state index contributed by atoms with van der Waals surface area (Å²) >= 11 is 6.57. The zero-order valence-corrected chi connectivity index (χ0v) is 18.5. The predicted octanol–water partition coefficient (Wildman–Crippen LogP) is 5.43. The van der Waals surface area contributed by atoms with Gasteiger partial charge < -0.3 is 5.73 Å². The minimum atomic E-state index is -0.554. The first-order valence-electron chi connectivity index (χ1n) is 10.8. The second kappa shape index (κ2) is 8.57. The van der Waals surface area contributed by atoms with Crippen LogP contribution in [0.1, 0.15) is 35.8 Å². The molecule has 0 spiro atoms. The van der Waals surface area contributed by atoms with E-state index in [0.717, 1.165) is 16.8 Å². The van der Waals surface area contributed by atoms with Crippen molar-refractivity contribution in [1.82, 2.24) is 4.98 Å². The molecule has 0 bridgehead atoms. The van der Waals surface area contributed by atoms with Crippen LogP contribution >= 0.6 is 11.6 Å². The summed E-state index contributed by atoms with van der Waals surface area (Å²) in [5.41, 5.74) is 10.9. The van der Waals surface area contributed by atoms with Crippen LogP contribution in [-0.2, 0) is 4.79 Å². The molecule has 0 fully saturated rings. The molecule has 6 heteroatoms. The fourth-order valence-corrected chi connectivity index (χ4v) is 5.10. The number of aromatic nitrogens is 1. The van der Waals surface area contributed by atoms with Gasteiger partial charge >= 0.3 is 0 Å². The number of nitrogens with zero attached hydrogens (tertiary/aromatic N) is 3. The average molecular weight is 453 g/mol. The van der Waals surface area contributed by atoms with Gasteiger partial charge in [0.2, 0.25) is 0 Å². The zero-order valence-electron chi connectivity index (χ0n) is 17.8. The molecular formula is C27H21ClN4O. The third-order valence-corrected chi connectivity index (χ3v) is 6.67. The van der Waals surface area contributed by atoms with E-state index in [2.05, 4.69) is 11.1 Å². The lowest BCUT2D eigenvalue weighted by atomic mass is 9.72. The fourth-order valence-electron chi connectivity index (χ4n) is 4.88. The van der Waals surface area contributed by atoms with Crippen LogP contribution in [0.25, 0.3) is 0 Å². The number of carbonyl (C=O) groups excluding carboxylic acids is 1. The lowest BCUT2D eigenvalue weighted by Gasteiger charge is -2.41. The van der Waals surface area contributed by atoms with Crippen molar-refractivity contribution in [3.63, 3.8) is 0 Å². The van der Waals surface area contributed by atoms with E-state index in [4.69, 9.17) is 17.3 Å². The number of benzene rings is 2. The smallest absolute Gasteiger partial charge is 0.162 e. The molecule has 0 radical (unpaired) electrons. The Hall–Kier alpha value is -3.88. The number of Topliss-reactive ketones (excluding diaryl/α,β-unsaturated/α-hetero) is 1. The molecule has 2 aliphatic rings. The first kappa shape index (κ1) is 21.0. The average Bonchev–Trinajstić information content (AvgIpc) is 2.85. The maximum absolute atomic E-state index is 13.7. The number of carbonyl (C=O) groups is 1. The van der Waals surface area contributed by atoms with Crippen molar-refractivity contribution in [2.75, 3.05) is 4.90 Å². The zero-order chi connectivity index (χ0) is 22.9. The van der Waals surface area contributed by atoms with E-state index in [1.807, 2.05) is 54.6 Å². The number of nitrogens with two attached hydrogens (primary N) is 1. The van der Waals surface area contributed by atoms with Crippen molar-refractivity contribution < 1.29 is 4.79 Å². The summed E-state index contributed by atoms with van der Waals surface area (Å²) < 4.78 is 0. The molecule has 0 unspecified atom stereocenters. The molecule has 0 saturated carbocycles. The quantitative estimate of drug-likeness (QED) is 0.572. The van der Waals surface area contributed by atoms with Crippen LogP contribution in [0.5, 0.6) is 0 Å². The summed E-state index contributed by atoms with van der Waals surface area (Å²) in [5, 5.41) is 10.6. The highest BCUT2D eigenvalue weighted by molar-refractivity contribution is 6.33. The number of anilines is 1. The summed E-state index contributed by atoms with van der Waals surface area (Å²) in [6.45, 7) is 0. The number of nitriles is 1. The Bertz CT molecular complexity index is 1320. The molecule has 33 heavy (non-hydrogen) atoms. The summed E-state index contributed by atoms with van der Waals surface area (Å²) in [7, 11) is 0. The number of pyridine rings is 1. The van der Waals surface area contributed by atoms with Gasteiger partial charge in [0.15, 0.2) is 5.78 Å². The molecule has 0 amide bonds. The molecule has 5 rings (SSSR count). The van der Waals surface area contributed by atoms with Gasteiger partial charge in [-0.1, -0.05) is 60.1 Å². The second-order valence-electron chi connectivity index (χ2n) is 8.22. The summed E-state index contributed by atoms with van der Waals surface area (Å²) in [6, 6.07) is 23.3. The minimum absolute atomic E-state index is 0.00780. The predicted molar refractivity (Wildman–Crippen MR) is 128 cm³/mol. The highest BCUT2D eigenvalue weighted by Gasteiger charge is 2.43. The molecule has 2 atom stereocenters. The van der Waals surface area contributed by atoms with Crippen LogP contribution in [-0.4, -0.2) is 10.8 Å². The van der Waals surface area contributed by atoms with Gasteiger partial charge in [0.25, 0.3) is 0 Å². The van der Waals surface area contributed by atoms with E-state index in [0.29, 0.717) is 40.5 Å². The number of hydrogen-bond donors (Lipinski definition) is 1. The summed E-state index contributed by atoms with van der Waals surface area (Å²) in [5.74, 6) is -0.244. The van der Waals surface area contributed by atoms with Crippen LogP contribution in [0.4, 0.5) is 5.69 Å². The van der Waals surface area contributed by atoms with E-state index in [-0.39, 0.29) is 11.7 Å². The Labute approximate surface area is 197 Å². The van der Waals surface area contributed by atoms with Crippen LogP contribution in [0.15, 0.2) is 102 Å². The van der Waals surface area contributed by atoms with Gasteiger partial charge in [0, 0.05) is 30.1 Å². The lowest BCUT2D eigenvalue weighted by molar-refractivity contribution is -0.116. The first-order chi connectivity index (χ1) is 16.1. The van der Waals surface area contributed by atoms with Gasteiger partial charge in [0.05, 0.1) is 28.3 Å². The normalized spacial score (nSPS) is 20.5. The van der Waals surface area contributed by atoms with Crippen LogP contribution in [0.2, 0.25) is 5.02 Å². The third kappa shape index (κ3) is 3.59. The highest BCUT2D eigenvalue weighted by atomic mass is 35.5. The van der Waals surface area contributed by atoms with Gasteiger partial charge in [0.1, 0.15) is 5.82 Å². The van der Waals surface area contributed by atoms with E-state index in [1.54, 1.807) is 29.4 Å². The van der Waals surface area contributed by atoms with Crippen molar-refractivity contribution in [2.24, 2.45) is 5.73 Å². The van der Waals surface area contributed by atoms with Crippen molar-refractivity contribution >= 4 is 23.1 Å². The summed E-state index contributed by atoms with van der Waals surface area (Å²) in [4.78, 5) is 19.7. The summed E-state index contributed by atoms with van der Waals surface area (Å²) in [6.07, 6.45) is 4.34. The lowest BCUT2D eigenvalue weighted by Crippen LogP contribution is -2.40. The number of rotatable bonds is 3. The topological polar surface area (TPSA) is 83.0 Å². The molecule has 2 heterocycles. The van der Waals surface area contributed by atoms with E-state index in [9.17, 15) is 10.1 Å². The van der Waals surface area contributed by atoms with E-state index in [1.165, 1.54) is 0 Å². The SMILES string of the molecule is N#CC1=C(N)N(c2ccccc2Cl)C2=C(C(=O)C[C@@H](c3ccccc3)C2)[C@@H]1c1cccnc1. The van der Waals surface area contributed by atoms with Crippen molar-refractivity contribution in [3.8, 4) is 6.07 Å². The molecule has 1 aliphatic heterocycles.